The molecule has 112 valence electrons. The Kier molecular flexibility index (Phi) is 11.6. The Morgan fingerprint density at radius 1 is 0.947 bits per heavy atom. The quantitative estimate of drug-likeness (QED) is 0.355. The number of rotatable bonds is 11. The molecule has 0 amide bonds. The Morgan fingerprint density at radius 3 is 2.00 bits per heavy atom. The van der Waals surface area contributed by atoms with Crippen molar-refractivity contribution in [3.05, 3.63) is 0 Å². The van der Waals surface area contributed by atoms with Crippen LogP contribution in [0, 0.1) is 0 Å². The largest absolute Gasteiger partial charge is 0.392 e. The van der Waals surface area contributed by atoms with Crippen molar-refractivity contribution >= 4 is 11.9 Å². The molecule has 0 saturated carbocycles. The van der Waals surface area contributed by atoms with E-state index < -0.39 is 18.0 Å². The maximum Gasteiger partial charge on any atom is 0.330 e. The maximum absolute atomic E-state index is 11.4. The van der Waals surface area contributed by atoms with Gasteiger partial charge in [0.2, 0.25) is 0 Å². The molecular weight excluding hydrogens is 242 g/mol. The molecule has 1 atom stereocenters. The molecule has 0 radical (unpaired) electrons. The van der Waals surface area contributed by atoms with Crippen molar-refractivity contribution in [3.8, 4) is 0 Å². The fraction of sp³-hybridized carbons (Fsp3) is 0.867. The lowest BCUT2D eigenvalue weighted by Gasteiger charge is -2.09. The number of hydrogen-bond donors (Lipinski definition) is 1. The van der Waals surface area contributed by atoms with E-state index in [2.05, 4.69) is 11.7 Å². The molecule has 0 aliphatic heterocycles. The van der Waals surface area contributed by atoms with E-state index >= 15 is 0 Å². The van der Waals surface area contributed by atoms with Crippen LogP contribution < -0.4 is 5.73 Å². The van der Waals surface area contributed by atoms with Gasteiger partial charge in [-0.25, -0.2) is 4.79 Å². The van der Waals surface area contributed by atoms with Crippen molar-refractivity contribution in [1.29, 1.82) is 0 Å². The van der Waals surface area contributed by atoms with E-state index in [4.69, 9.17) is 5.73 Å². The Hall–Kier alpha value is -0.900. The van der Waals surface area contributed by atoms with Crippen LogP contribution in [0.1, 0.15) is 78.1 Å². The van der Waals surface area contributed by atoms with Crippen LogP contribution in [-0.4, -0.2) is 18.0 Å². The van der Waals surface area contributed by atoms with E-state index in [-0.39, 0.29) is 6.42 Å². The minimum absolute atomic E-state index is 0.205. The maximum atomic E-state index is 11.4. The monoisotopic (exact) mass is 271 g/mol. The van der Waals surface area contributed by atoms with Gasteiger partial charge in [-0.2, -0.15) is 0 Å². The van der Waals surface area contributed by atoms with E-state index in [0.717, 1.165) is 12.8 Å². The van der Waals surface area contributed by atoms with Crippen molar-refractivity contribution in [3.63, 3.8) is 0 Å². The fourth-order valence-corrected chi connectivity index (χ4v) is 1.88. The molecule has 0 rings (SSSR count). The molecule has 1 unspecified atom stereocenters. The van der Waals surface area contributed by atoms with E-state index in [1.54, 1.807) is 6.92 Å². The number of unbranched alkanes of at least 4 members (excludes halogenated alkanes) is 7. The first kappa shape index (κ1) is 18.1. The zero-order chi connectivity index (χ0) is 14.5. The van der Waals surface area contributed by atoms with E-state index in [0.29, 0.717) is 6.42 Å². The minimum atomic E-state index is -0.657. The molecule has 0 bridgehead atoms. The summed E-state index contributed by atoms with van der Waals surface area (Å²) < 4.78 is 4.58. The Labute approximate surface area is 117 Å². The van der Waals surface area contributed by atoms with Crippen LogP contribution >= 0.6 is 0 Å². The van der Waals surface area contributed by atoms with Gasteiger partial charge in [0.1, 0.15) is 6.04 Å². The molecule has 0 aromatic carbocycles. The summed E-state index contributed by atoms with van der Waals surface area (Å²) in [6, 6.07) is -0.657. The predicted molar refractivity (Wildman–Crippen MR) is 76.6 cm³/mol. The van der Waals surface area contributed by atoms with Crippen LogP contribution in [0.15, 0.2) is 0 Å². The second-order valence-corrected chi connectivity index (χ2v) is 5.02. The molecule has 0 saturated heterocycles. The molecular formula is C15H29NO3. The Bertz CT molecular complexity index is 254. The highest BCUT2D eigenvalue weighted by atomic mass is 16.6. The molecule has 0 aromatic rings. The lowest BCUT2D eigenvalue weighted by atomic mass is 10.1. The number of hydrogen-bond acceptors (Lipinski definition) is 4. The zero-order valence-electron chi connectivity index (χ0n) is 12.5. The molecule has 0 heterocycles. The topological polar surface area (TPSA) is 69.4 Å². The Morgan fingerprint density at radius 2 is 1.47 bits per heavy atom. The van der Waals surface area contributed by atoms with Gasteiger partial charge in [0.25, 0.3) is 0 Å². The average molecular weight is 271 g/mol. The lowest BCUT2D eigenvalue weighted by Crippen LogP contribution is -2.33. The summed E-state index contributed by atoms with van der Waals surface area (Å²) in [5.74, 6) is -1.09. The van der Waals surface area contributed by atoms with Crippen molar-refractivity contribution in [2.24, 2.45) is 5.73 Å². The smallest absolute Gasteiger partial charge is 0.330 e. The summed E-state index contributed by atoms with van der Waals surface area (Å²) in [6.07, 6.45) is 10.5. The first-order valence-electron chi connectivity index (χ1n) is 7.61. The van der Waals surface area contributed by atoms with Gasteiger partial charge in [0.15, 0.2) is 0 Å². The van der Waals surface area contributed by atoms with Gasteiger partial charge in [-0.15, -0.1) is 0 Å². The molecule has 2 N–H and O–H groups in total. The summed E-state index contributed by atoms with van der Waals surface area (Å²) >= 11 is 0. The van der Waals surface area contributed by atoms with Gasteiger partial charge in [-0.3, -0.25) is 4.79 Å². The molecule has 0 aromatic heterocycles. The Balaban J connectivity index is 3.45. The third kappa shape index (κ3) is 10.7. The highest BCUT2D eigenvalue weighted by Crippen LogP contribution is 2.10. The summed E-state index contributed by atoms with van der Waals surface area (Å²) in [5.41, 5.74) is 5.67. The summed E-state index contributed by atoms with van der Waals surface area (Å²) in [7, 11) is 0. The van der Waals surface area contributed by atoms with Gasteiger partial charge < -0.3 is 10.5 Å². The van der Waals surface area contributed by atoms with Crippen molar-refractivity contribution in [1.82, 2.24) is 0 Å². The molecule has 0 fully saturated rings. The third-order valence-electron chi connectivity index (χ3n) is 3.17. The highest BCUT2D eigenvalue weighted by Gasteiger charge is 2.17. The lowest BCUT2D eigenvalue weighted by molar-refractivity contribution is -0.160. The average Bonchev–Trinajstić information content (AvgIpc) is 2.41. The molecule has 4 heteroatoms. The highest BCUT2D eigenvalue weighted by molar-refractivity contribution is 5.88. The second-order valence-electron chi connectivity index (χ2n) is 5.02. The van der Waals surface area contributed by atoms with Crippen molar-refractivity contribution < 1.29 is 14.3 Å². The standard InChI is InChI=1S/C15H29NO3/c1-3-5-6-7-8-9-10-11-12-13(16)15(18)19-14(17)4-2/h13H,3-12,16H2,1-2H3. The number of ether oxygens (including phenoxy) is 1. The van der Waals surface area contributed by atoms with Crippen LogP contribution in [-0.2, 0) is 14.3 Å². The van der Waals surface area contributed by atoms with E-state index in [1.165, 1.54) is 38.5 Å². The number of carbonyl (C=O) groups is 2. The first-order chi connectivity index (χ1) is 9.11. The second kappa shape index (κ2) is 12.2. The van der Waals surface area contributed by atoms with Gasteiger partial charge in [0.05, 0.1) is 0 Å². The van der Waals surface area contributed by atoms with Crippen LogP contribution in [0.2, 0.25) is 0 Å². The third-order valence-corrected chi connectivity index (χ3v) is 3.17. The van der Waals surface area contributed by atoms with Gasteiger partial charge in [-0.05, 0) is 6.42 Å². The molecule has 0 aliphatic carbocycles. The number of nitrogens with two attached hydrogens (primary N) is 1. The number of carbonyl (C=O) groups excluding carboxylic acids is 2. The van der Waals surface area contributed by atoms with Crippen LogP contribution in [0.5, 0.6) is 0 Å². The first-order valence-corrected chi connectivity index (χ1v) is 7.61. The van der Waals surface area contributed by atoms with E-state index in [1.807, 2.05) is 0 Å². The van der Waals surface area contributed by atoms with Crippen molar-refractivity contribution in [2.75, 3.05) is 0 Å². The van der Waals surface area contributed by atoms with Gasteiger partial charge in [0, 0.05) is 6.42 Å². The number of esters is 2. The zero-order valence-corrected chi connectivity index (χ0v) is 12.5. The minimum Gasteiger partial charge on any atom is -0.392 e. The van der Waals surface area contributed by atoms with Gasteiger partial charge in [-0.1, -0.05) is 65.2 Å². The van der Waals surface area contributed by atoms with E-state index in [9.17, 15) is 9.59 Å². The molecule has 19 heavy (non-hydrogen) atoms. The van der Waals surface area contributed by atoms with Gasteiger partial charge >= 0.3 is 11.9 Å². The summed E-state index contributed by atoms with van der Waals surface area (Å²) in [4.78, 5) is 22.3. The molecule has 0 spiro atoms. The van der Waals surface area contributed by atoms with Crippen LogP contribution in [0.25, 0.3) is 0 Å². The molecule has 0 aliphatic rings. The SMILES string of the molecule is CCCCCCCCCCC(N)C(=O)OC(=O)CC. The predicted octanol–water partition coefficient (Wildman–Crippen LogP) is 3.32. The molecule has 4 nitrogen and oxygen atoms in total. The fourth-order valence-electron chi connectivity index (χ4n) is 1.88. The van der Waals surface area contributed by atoms with Crippen molar-refractivity contribution in [2.45, 2.75) is 84.1 Å². The van der Waals surface area contributed by atoms with Crippen LogP contribution in [0.4, 0.5) is 0 Å². The summed E-state index contributed by atoms with van der Waals surface area (Å²) in [6.45, 7) is 3.86. The normalized spacial score (nSPS) is 12.2. The summed E-state index contributed by atoms with van der Waals surface area (Å²) in [5, 5.41) is 0. The van der Waals surface area contributed by atoms with Crippen LogP contribution in [0.3, 0.4) is 0 Å².